The van der Waals surface area contributed by atoms with E-state index in [1.54, 1.807) is 0 Å². The van der Waals surface area contributed by atoms with Gasteiger partial charge in [-0.3, -0.25) is 0 Å². The van der Waals surface area contributed by atoms with Crippen molar-refractivity contribution in [2.45, 2.75) is 213 Å². The zero-order valence-corrected chi connectivity index (χ0v) is 57.7. The van der Waals surface area contributed by atoms with Gasteiger partial charge in [0.1, 0.15) is 13.6 Å². The van der Waals surface area contributed by atoms with E-state index in [-0.39, 0.29) is 0 Å². The molecule has 0 aromatic heterocycles. The summed E-state index contributed by atoms with van der Waals surface area (Å²) in [6, 6.07) is 0. The first-order valence-electron chi connectivity index (χ1n) is 28.6. The van der Waals surface area contributed by atoms with Gasteiger partial charge in [-0.2, -0.15) is 58.8 Å². The van der Waals surface area contributed by atoms with Crippen molar-refractivity contribution in [3.05, 3.63) is 0 Å². The summed E-state index contributed by atoms with van der Waals surface area (Å²) in [6.07, 6.45) is 3.72. The fourth-order valence-electron chi connectivity index (χ4n) is 2.93. The Morgan fingerprint density at radius 2 is 0.449 bits per heavy atom. The SMILES string of the molecule is C1COCCO1.C1COCO1.C1COCOC1.C1COCSC1.C1CSCCO1.C1CSCCS1.C1CSCSC1.CC.CC.CC.CC.CC.CC.CC.CC.CC.CC.CC.CC.CC.CC. The largest absolute Gasteiger partial charge is 0.380 e. The molecule has 69 heavy (non-hydrogen) atoms. The van der Waals surface area contributed by atoms with Crippen LogP contribution in [0.1, 0.15) is 213 Å². The highest BCUT2D eigenvalue weighted by molar-refractivity contribution is 8.16. The molecule has 8 nitrogen and oxygen atoms in total. The number of thioether (sulfide) groups is 6. The molecule has 0 aromatic rings. The van der Waals surface area contributed by atoms with Crippen LogP contribution in [-0.4, -0.2) is 149 Å². The Labute approximate surface area is 467 Å². The van der Waals surface area contributed by atoms with Gasteiger partial charge >= 0.3 is 0 Å². The Morgan fingerprint density at radius 3 is 0.551 bits per heavy atom. The first-order chi connectivity index (χ1) is 34.5. The summed E-state index contributed by atoms with van der Waals surface area (Å²) in [7, 11) is 0. The first-order valence-corrected chi connectivity index (χ1v) is 35.5. The van der Waals surface area contributed by atoms with Gasteiger partial charge in [-0.05, 0) is 36.5 Å². The molecule has 7 saturated heterocycles. The molecule has 14 heteroatoms. The fraction of sp³-hybridized carbons (Fsp3) is 1.00. The quantitative estimate of drug-likeness (QED) is 0.231. The molecular formula is C55H138O8S6. The second-order valence-corrected chi connectivity index (χ2v) is 15.8. The molecule has 7 rings (SSSR count). The van der Waals surface area contributed by atoms with Crippen LogP contribution in [0.5, 0.6) is 0 Å². The van der Waals surface area contributed by atoms with Crippen LogP contribution in [0.4, 0.5) is 0 Å². The van der Waals surface area contributed by atoms with E-state index < -0.39 is 0 Å². The van der Waals surface area contributed by atoms with E-state index in [4.69, 9.17) is 37.9 Å². The van der Waals surface area contributed by atoms with Gasteiger partial charge in [0.2, 0.25) is 0 Å². The molecule has 7 aliphatic rings. The van der Waals surface area contributed by atoms with Crippen LogP contribution in [0.3, 0.4) is 0 Å². The summed E-state index contributed by atoms with van der Waals surface area (Å²) >= 11 is 12.1. The number of ether oxygens (including phenoxy) is 8. The average molecular weight is 1120 g/mol. The predicted molar refractivity (Wildman–Crippen MR) is 344 cm³/mol. The average Bonchev–Trinajstić information content (AvgIpc) is 4.15. The smallest absolute Gasteiger partial charge is 0.146 e. The van der Waals surface area contributed by atoms with Crippen LogP contribution in [0.25, 0.3) is 0 Å². The van der Waals surface area contributed by atoms with Crippen LogP contribution in [0, 0.1) is 0 Å². The summed E-state index contributed by atoms with van der Waals surface area (Å²) in [5, 5.41) is 1.33. The minimum Gasteiger partial charge on any atom is -0.380 e. The van der Waals surface area contributed by atoms with Crippen LogP contribution >= 0.6 is 70.6 Å². The summed E-state index contributed by atoms with van der Waals surface area (Å²) in [4.78, 5) is 0. The lowest BCUT2D eigenvalue weighted by atomic mass is 10.5. The Kier molecular flexibility index (Phi) is 279. The minimum atomic E-state index is 0.500. The maximum absolute atomic E-state index is 5.05. The van der Waals surface area contributed by atoms with Gasteiger partial charge in [0.15, 0.2) is 0 Å². The molecule has 0 aliphatic carbocycles. The van der Waals surface area contributed by atoms with Crippen molar-refractivity contribution in [1.29, 1.82) is 0 Å². The van der Waals surface area contributed by atoms with Gasteiger partial charge in [-0.25, -0.2) is 0 Å². The van der Waals surface area contributed by atoms with Gasteiger partial charge < -0.3 is 37.9 Å². The third-order valence-electron chi connectivity index (χ3n) is 5.00. The summed E-state index contributed by atoms with van der Waals surface area (Å²) in [6.45, 7) is 66.3. The second-order valence-electron chi connectivity index (χ2n) is 8.47. The zero-order chi connectivity index (χ0) is 57.0. The molecule has 0 N–H and O–H groups in total. The molecule has 7 fully saturated rings. The maximum atomic E-state index is 5.05. The topological polar surface area (TPSA) is 73.8 Å². The van der Waals surface area contributed by atoms with Crippen LogP contribution in [0.2, 0.25) is 0 Å². The lowest BCUT2D eigenvalue weighted by Gasteiger charge is -2.09. The summed E-state index contributed by atoms with van der Waals surface area (Å²) in [5.74, 6) is 12.9. The molecule has 0 amide bonds. The van der Waals surface area contributed by atoms with Crippen molar-refractivity contribution in [3.8, 4) is 0 Å². The van der Waals surface area contributed by atoms with Crippen molar-refractivity contribution < 1.29 is 37.9 Å². The van der Waals surface area contributed by atoms with Gasteiger partial charge in [-0.1, -0.05) is 194 Å². The van der Waals surface area contributed by atoms with E-state index in [1.807, 2.05) is 217 Å². The van der Waals surface area contributed by atoms with Crippen molar-refractivity contribution in [3.63, 3.8) is 0 Å². The van der Waals surface area contributed by atoms with E-state index in [0.29, 0.717) is 13.6 Å². The molecule has 0 radical (unpaired) electrons. The third kappa shape index (κ3) is 175. The van der Waals surface area contributed by atoms with E-state index in [9.17, 15) is 0 Å². The molecule has 7 heterocycles. The molecule has 7 aliphatic heterocycles. The second kappa shape index (κ2) is 180. The molecule has 0 spiro atoms. The Morgan fingerprint density at radius 1 is 0.188 bits per heavy atom. The first kappa shape index (κ1) is 107. The van der Waals surface area contributed by atoms with E-state index in [0.717, 1.165) is 85.0 Å². The standard InChI is InChI=1S/2C4H8O2.2C4H8OS.2C4H8S2.C3H6O2.14C2H6/c1-2-6-4-3-5-1;1-2-5-4-6-3-1;1-3-6-4-2-5-1;1-2-5-4-6-3-1;1-2-6-4-3-5-1;1-2-5-4-6-3-1;1-2-5-3-4-1;14*1-2/h6*1-4H2;1-3H2;14*1-2H3. The van der Waals surface area contributed by atoms with Crippen molar-refractivity contribution in [2.75, 3.05) is 149 Å². The highest BCUT2D eigenvalue weighted by atomic mass is 32.2. The third-order valence-corrected chi connectivity index (χ3v) is 11.8. The van der Waals surface area contributed by atoms with Crippen molar-refractivity contribution >= 4 is 70.6 Å². The minimum absolute atomic E-state index is 0.500. The molecule has 0 saturated carbocycles. The van der Waals surface area contributed by atoms with Crippen LogP contribution < -0.4 is 0 Å². The Hall–Kier alpha value is 1.78. The highest BCUT2D eigenvalue weighted by Gasteiger charge is 1.98. The van der Waals surface area contributed by atoms with Gasteiger partial charge in [-0.15, -0.1) is 11.8 Å². The monoisotopic (exact) mass is 1120 g/mol. The molecule has 442 valence electrons. The highest BCUT2D eigenvalue weighted by Crippen LogP contribution is 2.19. The zero-order valence-electron chi connectivity index (χ0n) is 52.8. The lowest BCUT2D eigenvalue weighted by molar-refractivity contribution is -0.0963. The molecule has 0 unspecified atom stereocenters. The Bertz CT molecular complexity index is 306. The summed E-state index contributed by atoms with van der Waals surface area (Å²) < 4.78 is 39.1. The molecule has 0 atom stereocenters. The van der Waals surface area contributed by atoms with Crippen LogP contribution in [0.15, 0.2) is 0 Å². The molecular weight excluding hydrogens is 981 g/mol. The number of rotatable bonds is 0. The normalized spacial score (nSPS) is 15.5. The maximum Gasteiger partial charge on any atom is 0.146 e. The number of hydrogen-bond donors (Lipinski definition) is 0. The van der Waals surface area contributed by atoms with Crippen LogP contribution in [-0.2, 0) is 37.9 Å². The van der Waals surface area contributed by atoms with Gasteiger partial charge in [0.05, 0.1) is 72.0 Å². The van der Waals surface area contributed by atoms with Gasteiger partial charge in [0, 0.05) is 46.2 Å². The molecule has 0 bridgehead atoms. The molecule has 0 aromatic carbocycles. The summed E-state index contributed by atoms with van der Waals surface area (Å²) in [5.41, 5.74) is 0. The fourth-order valence-corrected chi connectivity index (χ4v) is 8.87. The van der Waals surface area contributed by atoms with E-state index >= 15 is 0 Å². The Balaban J connectivity index is -0.0000000393. The van der Waals surface area contributed by atoms with E-state index in [1.165, 1.54) is 69.7 Å². The van der Waals surface area contributed by atoms with Gasteiger partial charge in [0.25, 0.3) is 0 Å². The van der Waals surface area contributed by atoms with Crippen molar-refractivity contribution in [2.24, 2.45) is 0 Å². The van der Waals surface area contributed by atoms with Crippen molar-refractivity contribution in [1.82, 2.24) is 0 Å². The van der Waals surface area contributed by atoms with E-state index in [2.05, 4.69) is 47.0 Å². The predicted octanol–water partition coefficient (Wildman–Crippen LogP) is 19.9. The number of hydrogen-bond acceptors (Lipinski definition) is 14. The lowest BCUT2D eigenvalue weighted by Crippen LogP contribution is -2.16.